The first-order chi connectivity index (χ1) is 16.4. The molecule has 1 aromatic heterocycles. The van der Waals surface area contributed by atoms with E-state index in [-0.39, 0.29) is 17.4 Å². The van der Waals surface area contributed by atoms with Gasteiger partial charge >= 0.3 is 0 Å². The van der Waals surface area contributed by atoms with Gasteiger partial charge in [-0.15, -0.1) is 0 Å². The number of aromatic nitrogens is 1. The number of pyridine rings is 1. The fourth-order valence-electron chi connectivity index (χ4n) is 4.76. The van der Waals surface area contributed by atoms with Gasteiger partial charge in [0.05, 0.1) is 5.54 Å². The van der Waals surface area contributed by atoms with Crippen molar-refractivity contribution < 1.29 is 9.59 Å². The molecule has 176 valence electrons. The van der Waals surface area contributed by atoms with Gasteiger partial charge in [-0.1, -0.05) is 37.1 Å². The summed E-state index contributed by atoms with van der Waals surface area (Å²) in [7, 11) is 4.09. The largest absolute Gasteiger partial charge is 0.348 e. The third-order valence-electron chi connectivity index (χ3n) is 6.36. The van der Waals surface area contributed by atoms with Crippen molar-refractivity contribution in [3.63, 3.8) is 0 Å². The van der Waals surface area contributed by atoms with E-state index in [1.807, 2.05) is 74.8 Å². The van der Waals surface area contributed by atoms with Crippen LogP contribution in [0, 0.1) is 0 Å². The maximum atomic E-state index is 13.0. The molecule has 0 bridgehead atoms. The molecule has 1 fully saturated rings. The first-order valence-electron chi connectivity index (χ1n) is 11.8. The Morgan fingerprint density at radius 2 is 1.56 bits per heavy atom. The summed E-state index contributed by atoms with van der Waals surface area (Å²) >= 11 is 0. The third-order valence-corrected chi connectivity index (χ3v) is 6.36. The van der Waals surface area contributed by atoms with Crippen molar-refractivity contribution in [1.29, 1.82) is 0 Å². The van der Waals surface area contributed by atoms with E-state index in [0.29, 0.717) is 17.7 Å². The molecule has 0 unspecified atom stereocenters. The lowest BCUT2D eigenvalue weighted by Crippen LogP contribution is -2.52. The van der Waals surface area contributed by atoms with Crippen LogP contribution < -0.4 is 10.6 Å². The first-order valence-corrected chi connectivity index (χ1v) is 11.8. The molecule has 0 aliphatic heterocycles. The lowest BCUT2D eigenvalue weighted by atomic mass is 9.96. The number of benzene rings is 2. The Morgan fingerprint density at radius 1 is 0.882 bits per heavy atom. The van der Waals surface area contributed by atoms with Crippen LogP contribution in [0.1, 0.15) is 52.0 Å². The smallest absolute Gasteiger partial charge is 0.251 e. The summed E-state index contributed by atoms with van der Waals surface area (Å²) in [5.41, 5.74) is 4.04. The molecule has 6 heteroatoms. The SMILES string of the molecule is CN(C)CC1(NC(=O)c2cccc(CNC(=O)c3ccc(-c4ccncc4)cc3)c2)CCCC1. The molecule has 0 radical (unpaired) electrons. The molecule has 1 heterocycles. The summed E-state index contributed by atoms with van der Waals surface area (Å²) in [5.74, 6) is -0.198. The minimum Gasteiger partial charge on any atom is -0.348 e. The van der Waals surface area contributed by atoms with Gasteiger partial charge in [0.2, 0.25) is 0 Å². The number of nitrogens with one attached hydrogen (secondary N) is 2. The number of hydrogen-bond acceptors (Lipinski definition) is 4. The molecule has 1 aliphatic carbocycles. The van der Waals surface area contributed by atoms with Gasteiger partial charge < -0.3 is 15.5 Å². The van der Waals surface area contributed by atoms with Crippen LogP contribution in [-0.4, -0.2) is 47.9 Å². The van der Waals surface area contributed by atoms with E-state index in [2.05, 4.69) is 20.5 Å². The molecule has 1 aliphatic rings. The highest BCUT2D eigenvalue weighted by molar-refractivity contribution is 5.95. The number of rotatable bonds is 8. The summed E-state index contributed by atoms with van der Waals surface area (Å²) in [6.07, 6.45) is 7.80. The Morgan fingerprint density at radius 3 is 2.24 bits per heavy atom. The second-order valence-corrected chi connectivity index (χ2v) is 9.38. The Bertz CT molecular complexity index is 1120. The van der Waals surface area contributed by atoms with Crippen LogP contribution in [-0.2, 0) is 6.54 Å². The molecular weight excluding hydrogens is 424 g/mol. The fourth-order valence-corrected chi connectivity index (χ4v) is 4.76. The zero-order valence-electron chi connectivity index (χ0n) is 19.9. The Hall–Kier alpha value is -3.51. The second kappa shape index (κ2) is 10.6. The monoisotopic (exact) mass is 456 g/mol. The average molecular weight is 457 g/mol. The maximum absolute atomic E-state index is 13.0. The molecule has 0 atom stereocenters. The molecule has 4 rings (SSSR count). The highest BCUT2D eigenvalue weighted by Gasteiger charge is 2.35. The first kappa shape index (κ1) is 23.6. The van der Waals surface area contributed by atoms with E-state index in [0.717, 1.165) is 48.9 Å². The molecule has 2 amide bonds. The number of carbonyl (C=O) groups is 2. The summed E-state index contributed by atoms with van der Waals surface area (Å²) in [5, 5.41) is 6.26. The topological polar surface area (TPSA) is 74.3 Å². The van der Waals surface area contributed by atoms with Crippen LogP contribution in [0.25, 0.3) is 11.1 Å². The molecule has 3 aromatic rings. The zero-order chi connectivity index (χ0) is 24.0. The van der Waals surface area contributed by atoms with Gasteiger partial charge in [-0.25, -0.2) is 0 Å². The average Bonchev–Trinajstić information content (AvgIpc) is 3.30. The van der Waals surface area contributed by atoms with Crippen LogP contribution in [0.2, 0.25) is 0 Å². The number of likely N-dealkylation sites (N-methyl/N-ethyl adjacent to an activating group) is 1. The van der Waals surface area contributed by atoms with E-state index in [9.17, 15) is 9.59 Å². The Balaban J connectivity index is 1.37. The van der Waals surface area contributed by atoms with Crippen molar-refractivity contribution in [3.05, 3.63) is 89.7 Å². The molecule has 2 aromatic carbocycles. The van der Waals surface area contributed by atoms with Gasteiger partial charge in [-0.05, 0) is 80.0 Å². The van der Waals surface area contributed by atoms with Gasteiger partial charge in [0.25, 0.3) is 11.8 Å². The van der Waals surface area contributed by atoms with Crippen molar-refractivity contribution >= 4 is 11.8 Å². The number of nitrogens with zero attached hydrogens (tertiary/aromatic N) is 2. The van der Waals surface area contributed by atoms with E-state index in [1.54, 1.807) is 12.4 Å². The lowest BCUT2D eigenvalue weighted by Gasteiger charge is -2.33. The molecule has 0 spiro atoms. The third kappa shape index (κ3) is 5.88. The van der Waals surface area contributed by atoms with Gasteiger partial charge in [-0.3, -0.25) is 14.6 Å². The second-order valence-electron chi connectivity index (χ2n) is 9.38. The van der Waals surface area contributed by atoms with Crippen LogP contribution >= 0.6 is 0 Å². The molecule has 2 N–H and O–H groups in total. The van der Waals surface area contributed by atoms with E-state index < -0.39 is 0 Å². The van der Waals surface area contributed by atoms with E-state index >= 15 is 0 Å². The van der Waals surface area contributed by atoms with Crippen molar-refractivity contribution in [2.45, 2.75) is 37.8 Å². The molecule has 0 saturated heterocycles. The fraction of sp³-hybridized carbons (Fsp3) is 0.321. The quantitative estimate of drug-likeness (QED) is 0.531. The number of hydrogen-bond donors (Lipinski definition) is 2. The Kier molecular flexibility index (Phi) is 7.38. The van der Waals surface area contributed by atoms with Crippen molar-refractivity contribution in [1.82, 2.24) is 20.5 Å². The van der Waals surface area contributed by atoms with Crippen LogP contribution in [0.5, 0.6) is 0 Å². The van der Waals surface area contributed by atoms with Gasteiger partial charge in [0.15, 0.2) is 0 Å². The summed E-state index contributed by atoms with van der Waals surface area (Å²) in [4.78, 5) is 31.9. The van der Waals surface area contributed by atoms with Gasteiger partial charge in [-0.2, -0.15) is 0 Å². The predicted molar refractivity (Wildman–Crippen MR) is 135 cm³/mol. The standard InChI is InChI=1S/C28H32N4O2/c1-32(2)20-28(14-3-4-15-28)31-27(34)25-7-5-6-21(18-25)19-30-26(33)24-10-8-22(9-11-24)23-12-16-29-17-13-23/h5-13,16-18H,3-4,14-15,19-20H2,1-2H3,(H,30,33)(H,31,34). The van der Waals surface area contributed by atoms with Crippen molar-refractivity contribution in [2.24, 2.45) is 0 Å². The Labute approximate surface area is 201 Å². The minimum absolute atomic E-state index is 0.0522. The van der Waals surface area contributed by atoms with Crippen molar-refractivity contribution in [3.8, 4) is 11.1 Å². The van der Waals surface area contributed by atoms with Gasteiger partial charge in [0, 0.05) is 36.6 Å². The van der Waals surface area contributed by atoms with Gasteiger partial charge in [0.1, 0.15) is 0 Å². The molecule has 6 nitrogen and oxygen atoms in total. The van der Waals surface area contributed by atoms with Crippen LogP contribution in [0.3, 0.4) is 0 Å². The van der Waals surface area contributed by atoms with E-state index in [1.165, 1.54) is 0 Å². The molecule has 1 saturated carbocycles. The summed E-state index contributed by atoms with van der Waals surface area (Å²) in [6.45, 7) is 1.20. The number of carbonyl (C=O) groups excluding carboxylic acids is 2. The normalized spacial score (nSPS) is 14.7. The molecule has 34 heavy (non-hydrogen) atoms. The van der Waals surface area contributed by atoms with Crippen LogP contribution in [0.15, 0.2) is 73.1 Å². The maximum Gasteiger partial charge on any atom is 0.251 e. The summed E-state index contributed by atoms with van der Waals surface area (Å²) in [6, 6.07) is 18.9. The molecular formula is C28H32N4O2. The van der Waals surface area contributed by atoms with E-state index in [4.69, 9.17) is 0 Å². The highest BCUT2D eigenvalue weighted by atomic mass is 16.2. The number of amides is 2. The zero-order valence-corrected chi connectivity index (χ0v) is 19.9. The van der Waals surface area contributed by atoms with Crippen LogP contribution in [0.4, 0.5) is 0 Å². The van der Waals surface area contributed by atoms with Crippen molar-refractivity contribution in [2.75, 3.05) is 20.6 Å². The lowest BCUT2D eigenvalue weighted by molar-refractivity contribution is 0.0880. The minimum atomic E-state index is -0.159. The predicted octanol–water partition coefficient (Wildman–Crippen LogP) is 4.28. The highest BCUT2D eigenvalue weighted by Crippen LogP contribution is 2.30. The summed E-state index contributed by atoms with van der Waals surface area (Å²) < 4.78 is 0.